The van der Waals surface area contributed by atoms with Crippen molar-refractivity contribution in [3.63, 3.8) is 0 Å². The maximum Gasteiger partial charge on any atom is 0.410 e. The van der Waals surface area contributed by atoms with Crippen LogP contribution in [0.15, 0.2) is 6.20 Å². The summed E-state index contributed by atoms with van der Waals surface area (Å²) in [5.41, 5.74) is -0.504. The van der Waals surface area contributed by atoms with Crippen LogP contribution in [0.2, 0.25) is 5.02 Å². The van der Waals surface area contributed by atoms with Gasteiger partial charge in [-0.2, -0.15) is 4.98 Å². The molecule has 1 fully saturated rings. The molecule has 0 spiro atoms. The number of hydrogen-bond donors (Lipinski definition) is 1. The zero-order valence-electron chi connectivity index (χ0n) is 15.7. The van der Waals surface area contributed by atoms with Crippen molar-refractivity contribution in [2.75, 3.05) is 38.2 Å². The largest absolute Gasteiger partial charge is 0.474 e. The first-order valence-corrected chi connectivity index (χ1v) is 9.14. The van der Waals surface area contributed by atoms with Gasteiger partial charge in [-0.1, -0.05) is 11.6 Å². The summed E-state index contributed by atoms with van der Waals surface area (Å²) in [4.78, 5) is 22.3. The van der Waals surface area contributed by atoms with Crippen molar-refractivity contribution in [2.24, 2.45) is 0 Å². The van der Waals surface area contributed by atoms with Crippen LogP contribution in [-0.2, 0) is 9.47 Å². The van der Waals surface area contributed by atoms with E-state index in [0.717, 1.165) is 6.42 Å². The number of carbonyl (C=O) groups excluding carboxylic acids is 1. The third-order valence-corrected chi connectivity index (χ3v) is 3.81. The molecule has 1 saturated heterocycles. The molecule has 9 heteroatoms. The summed E-state index contributed by atoms with van der Waals surface area (Å²) >= 11 is 6.06. The highest BCUT2D eigenvalue weighted by Gasteiger charge is 2.30. The molecule has 1 atom stereocenters. The van der Waals surface area contributed by atoms with E-state index in [2.05, 4.69) is 15.3 Å². The summed E-state index contributed by atoms with van der Waals surface area (Å²) in [5, 5.41) is 3.56. The Bertz CT molecular complexity index is 609. The first-order chi connectivity index (χ1) is 12.3. The lowest BCUT2D eigenvalue weighted by Crippen LogP contribution is -2.36. The van der Waals surface area contributed by atoms with Crippen LogP contribution in [-0.4, -0.2) is 65.5 Å². The Morgan fingerprint density at radius 2 is 2.19 bits per heavy atom. The molecule has 0 saturated carbocycles. The Balaban J connectivity index is 1.88. The predicted molar refractivity (Wildman–Crippen MR) is 98.9 cm³/mol. The van der Waals surface area contributed by atoms with Gasteiger partial charge in [-0.25, -0.2) is 9.78 Å². The van der Waals surface area contributed by atoms with Crippen molar-refractivity contribution in [1.29, 1.82) is 0 Å². The molecule has 0 unspecified atom stereocenters. The maximum absolute atomic E-state index is 12.1. The molecule has 1 amide bonds. The minimum Gasteiger partial charge on any atom is -0.474 e. The van der Waals surface area contributed by atoms with Crippen molar-refractivity contribution in [3.8, 4) is 5.88 Å². The molecule has 0 bridgehead atoms. The van der Waals surface area contributed by atoms with Crippen molar-refractivity contribution >= 4 is 23.6 Å². The second-order valence-electron chi connectivity index (χ2n) is 6.95. The Labute approximate surface area is 159 Å². The highest BCUT2D eigenvalue weighted by atomic mass is 35.5. The van der Waals surface area contributed by atoms with Gasteiger partial charge in [0.15, 0.2) is 0 Å². The van der Waals surface area contributed by atoms with Crippen LogP contribution >= 0.6 is 11.6 Å². The van der Waals surface area contributed by atoms with E-state index in [9.17, 15) is 4.79 Å². The lowest BCUT2D eigenvalue weighted by Gasteiger charge is -2.24. The van der Waals surface area contributed by atoms with E-state index >= 15 is 0 Å². The van der Waals surface area contributed by atoms with Crippen molar-refractivity contribution < 1.29 is 19.0 Å². The first kappa shape index (κ1) is 20.5. The standard InChI is InChI=1S/C17H27ClN4O4/c1-5-24-8-9-25-14-13(18)10-19-15(21-14)20-12-6-7-22(11-12)16(23)26-17(2,3)4/h10,12H,5-9,11H2,1-4H3,(H,19,20,21)/t12-/m1/s1. The minimum atomic E-state index is -0.504. The van der Waals surface area contributed by atoms with Gasteiger partial charge in [-0.3, -0.25) is 0 Å². The fraction of sp³-hybridized carbons (Fsp3) is 0.706. The van der Waals surface area contributed by atoms with Crippen LogP contribution in [0, 0.1) is 0 Å². The molecule has 2 heterocycles. The van der Waals surface area contributed by atoms with Crippen LogP contribution in [0.25, 0.3) is 0 Å². The molecule has 2 rings (SSSR count). The average Bonchev–Trinajstić information content (AvgIpc) is 3.01. The van der Waals surface area contributed by atoms with Gasteiger partial charge in [0.05, 0.1) is 12.8 Å². The molecule has 1 aliphatic heterocycles. The molecule has 1 aromatic rings. The molecule has 26 heavy (non-hydrogen) atoms. The number of halogens is 1. The highest BCUT2D eigenvalue weighted by molar-refractivity contribution is 6.31. The number of likely N-dealkylation sites (tertiary alicyclic amines) is 1. The van der Waals surface area contributed by atoms with Gasteiger partial charge in [0.25, 0.3) is 0 Å². The number of ether oxygens (including phenoxy) is 3. The third-order valence-electron chi connectivity index (χ3n) is 3.56. The van der Waals surface area contributed by atoms with Gasteiger partial charge < -0.3 is 24.4 Å². The number of carbonyl (C=O) groups is 1. The van der Waals surface area contributed by atoms with E-state index in [1.807, 2.05) is 27.7 Å². The van der Waals surface area contributed by atoms with Gasteiger partial charge in [0.2, 0.25) is 11.8 Å². The minimum absolute atomic E-state index is 0.0416. The first-order valence-electron chi connectivity index (χ1n) is 8.76. The smallest absolute Gasteiger partial charge is 0.410 e. The molecule has 1 aromatic heterocycles. The van der Waals surface area contributed by atoms with Crippen LogP contribution in [0.5, 0.6) is 5.88 Å². The second kappa shape index (κ2) is 9.23. The normalized spacial score (nSPS) is 17.3. The van der Waals surface area contributed by atoms with E-state index in [1.54, 1.807) is 4.90 Å². The lowest BCUT2D eigenvalue weighted by atomic mass is 10.2. The Hall–Kier alpha value is -1.80. The summed E-state index contributed by atoms with van der Waals surface area (Å²) in [7, 11) is 0. The van der Waals surface area contributed by atoms with E-state index in [4.69, 9.17) is 25.8 Å². The number of anilines is 1. The van der Waals surface area contributed by atoms with E-state index in [-0.39, 0.29) is 12.1 Å². The van der Waals surface area contributed by atoms with Crippen molar-refractivity contribution in [3.05, 3.63) is 11.2 Å². The third kappa shape index (κ3) is 6.49. The molecule has 1 aliphatic rings. The van der Waals surface area contributed by atoms with Gasteiger partial charge in [0.1, 0.15) is 17.2 Å². The van der Waals surface area contributed by atoms with Crippen LogP contribution in [0.3, 0.4) is 0 Å². The van der Waals surface area contributed by atoms with Crippen LogP contribution in [0.1, 0.15) is 34.1 Å². The Morgan fingerprint density at radius 3 is 2.88 bits per heavy atom. The van der Waals surface area contributed by atoms with Crippen LogP contribution < -0.4 is 10.1 Å². The van der Waals surface area contributed by atoms with E-state index in [0.29, 0.717) is 49.8 Å². The molecular formula is C17H27ClN4O4. The SMILES string of the molecule is CCOCCOc1nc(N[C@@H]2CCN(C(=O)OC(C)(C)C)C2)ncc1Cl. The van der Waals surface area contributed by atoms with Gasteiger partial charge >= 0.3 is 6.09 Å². The van der Waals surface area contributed by atoms with Gasteiger partial charge in [-0.05, 0) is 34.1 Å². The predicted octanol–water partition coefficient (Wildman–Crippen LogP) is 2.97. The zero-order chi connectivity index (χ0) is 19.2. The Kier molecular flexibility index (Phi) is 7.28. The fourth-order valence-electron chi connectivity index (χ4n) is 2.42. The van der Waals surface area contributed by atoms with Crippen LogP contribution in [0.4, 0.5) is 10.7 Å². The quantitative estimate of drug-likeness (QED) is 0.721. The molecule has 0 aromatic carbocycles. The molecule has 146 valence electrons. The maximum atomic E-state index is 12.1. The van der Waals surface area contributed by atoms with Crippen molar-refractivity contribution in [1.82, 2.24) is 14.9 Å². The van der Waals surface area contributed by atoms with Gasteiger partial charge in [-0.15, -0.1) is 0 Å². The average molecular weight is 387 g/mol. The number of hydrogen-bond acceptors (Lipinski definition) is 7. The topological polar surface area (TPSA) is 85.8 Å². The number of aromatic nitrogens is 2. The fourth-order valence-corrected chi connectivity index (χ4v) is 2.56. The number of nitrogens with one attached hydrogen (secondary N) is 1. The monoisotopic (exact) mass is 386 g/mol. The second-order valence-corrected chi connectivity index (χ2v) is 7.36. The van der Waals surface area contributed by atoms with Crippen molar-refractivity contribution in [2.45, 2.75) is 45.8 Å². The number of rotatable bonds is 7. The van der Waals surface area contributed by atoms with E-state index < -0.39 is 5.60 Å². The molecule has 0 aliphatic carbocycles. The van der Waals surface area contributed by atoms with E-state index in [1.165, 1.54) is 6.20 Å². The zero-order valence-corrected chi connectivity index (χ0v) is 16.5. The Morgan fingerprint density at radius 1 is 1.42 bits per heavy atom. The summed E-state index contributed by atoms with van der Waals surface area (Å²) in [6, 6.07) is 0.0416. The highest BCUT2D eigenvalue weighted by Crippen LogP contribution is 2.23. The lowest BCUT2D eigenvalue weighted by molar-refractivity contribution is 0.0293. The summed E-state index contributed by atoms with van der Waals surface area (Å²) < 4.78 is 16.1. The summed E-state index contributed by atoms with van der Waals surface area (Å²) in [6.07, 6.45) is 1.97. The molecule has 1 N–H and O–H groups in total. The number of amides is 1. The summed E-state index contributed by atoms with van der Waals surface area (Å²) in [6.45, 7) is 10.1. The molecular weight excluding hydrogens is 360 g/mol. The van der Waals surface area contributed by atoms with Gasteiger partial charge in [0, 0.05) is 25.7 Å². The molecule has 0 radical (unpaired) electrons. The molecule has 8 nitrogen and oxygen atoms in total. The number of nitrogens with zero attached hydrogens (tertiary/aromatic N) is 3. The summed E-state index contributed by atoms with van der Waals surface area (Å²) in [5.74, 6) is 0.725.